The molecule has 0 aliphatic heterocycles. The summed E-state index contributed by atoms with van der Waals surface area (Å²) >= 11 is 0. The second-order valence-electron chi connectivity index (χ2n) is 5.08. The first-order chi connectivity index (χ1) is 7.90. The van der Waals surface area contributed by atoms with E-state index in [9.17, 15) is 9.59 Å². The van der Waals surface area contributed by atoms with E-state index in [-0.39, 0.29) is 11.8 Å². The van der Waals surface area contributed by atoms with Gasteiger partial charge in [0.1, 0.15) is 6.04 Å². The van der Waals surface area contributed by atoms with Crippen molar-refractivity contribution in [1.82, 2.24) is 5.32 Å². The number of esters is 1. The van der Waals surface area contributed by atoms with Gasteiger partial charge in [-0.2, -0.15) is 0 Å². The molecule has 1 rings (SSSR count). The zero-order valence-electron chi connectivity index (χ0n) is 10.8. The molecular weight excluding hydrogens is 220 g/mol. The van der Waals surface area contributed by atoms with E-state index in [0.717, 1.165) is 12.8 Å². The van der Waals surface area contributed by atoms with Gasteiger partial charge in [0, 0.05) is 0 Å². The van der Waals surface area contributed by atoms with Crippen molar-refractivity contribution in [3.63, 3.8) is 0 Å². The van der Waals surface area contributed by atoms with Crippen LogP contribution in [-0.2, 0) is 14.3 Å². The highest BCUT2D eigenvalue weighted by atomic mass is 16.5. The van der Waals surface area contributed by atoms with Crippen LogP contribution in [0, 0.1) is 5.92 Å². The lowest BCUT2D eigenvalue weighted by molar-refractivity contribution is -0.147. The quantitative estimate of drug-likeness (QED) is 0.706. The number of rotatable bonds is 4. The minimum absolute atomic E-state index is 0.0172. The number of methoxy groups -OCH3 is 1. The van der Waals surface area contributed by atoms with E-state index in [2.05, 4.69) is 10.1 Å². The van der Waals surface area contributed by atoms with E-state index in [4.69, 9.17) is 5.73 Å². The lowest BCUT2D eigenvalue weighted by Gasteiger charge is -2.27. The second-order valence-corrected chi connectivity index (χ2v) is 5.08. The summed E-state index contributed by atoms with van der Waals surface area (Å²) in [5.41, 5.74) is 5.22. The highest BCUT2D eigenvalue weighted by Gasteiger charge is 2.39. The average Bonchev–Trinajstić information content (AvgIpc) is 2.72. The normalized spacial score (nSPS) is 20.1. The van der Waals surface area contributed by atoms with Crippen LogP contribution < -0.4 is 11.1 Å². The molecule has 1 aliphatic rings. The number of nitrogens with two attached hydrogens (primary N) is 1. The number of hydrogen-bond donors (Lipinski definition) is 2. The zero-order valence-corrected chi connectivity index (χ0v) is 10.8. The molecule has 1 aliphatic carbocycles. The smallest absolute Gasteiger partial charge is 0.328 e. The van der Waals surface area contributed by atoms with E-state index in [1.54, 1.807) is 0 Å². The molecule has 3 N–H and O–H groups in total. The summed E-state index contributed by atoms with van der Waals surface area (Å²) in [6.45, 7) is 3.72. The Morgan fingerprint density at radius 2 is 1.82 bits per heavy atom. The summed E-state index contributed by atoms with van der Waals surface area (Å²) in [5, 5.41) is 2.71. The van der Waals surface area contributed by atoms with Gasteiger partial charge in [0.2, 0.25) is 5.91 Å². The van der Waals surface area contributed by atoms with E-state index >= 15 is 0 Å². The van der Waals surface area contributed by atoms with Crippen molar-refractivity contribution in [1.29, 1.82) is 0 Å². The third kappa shape index (κ3) is 3.19. The molecule has 1 amide bonds. The lowest BCUT2D eigenvalue weighted by atomic mass is 9.96. The largest absolute Gasteiger partial charge is 0.467 e. The maximum absolute atomic E-state index is 12.1. The van der Waals surface area contributed by atoms with Crippen molar-refractivity contribution in [2.24, 2.45) is 11.7 Å². The van der Waals surface area contributed by atoms with Crippen LogP contribution in [0.1, 0.15) is 39.5 Å². The third-order valence-electron chi connectivity index (χ3n) is 3.36. The highest BCUT2D eigenvalue weighted by Crippen LogP contribution is 2.27. The van der Waals surface area contributed by atoms with Gasteiger partial charge in [0.05, 0.1) is 12.6 Å². The van der Waals surface area contributed by atoms with Gasteiger partial charge >= 0.3 is 5.97 Å². The second kappa shape index (κ2) is 5.49. The summed E-state index contributed by atoms with van der Waals surface area (Å²) < 4.78 is 4.68. The zero-order chi connectivity index (χ0) is 13.1. The maximum Gasteiger partial charge on any atom is 0.328 e. The molecule has 0 unspecified atom stereocenters. The van der Waals surface area contributed by atoms with E-state index < -0.39 is 17.6 Å². The lowest BCUT2D eigenvalue weighted by Crippen LogP contribution is -2.57. The predicted molar refractivity (Wildman–Crippen MR) is 64.2 cm³/mol. The number of hydrogen-bond acceptors (Lipinski definition) is 4. The maximum atomic E-state index is 12.1. The van der Waals surface area contributed by atoms with Crippen LogP contribution in [0.25, 0.3) is 0 Å². The van der Waals surface area contributed by atoms with Gasteiger partial charge in [-0.25, -0.2) is 4.79 Å². The Morgan fingerprint density at radius 1 is 1.29 bits per heavy atom. The fraction of sp³-hybridized carbons (Fsp3) is 0.833. The summed E-state index contributed by atoms with van der Waals surface area (Å²) in [4.78, 5) is 23.6. The van der Waals surface area contributed by atoms with Crippen molar-refractivity contribution < 1.29 is 14.3 Å². The Morgan fingerprint density at radius 3 is 2.24 bits per heavy atom. The van der Waals surface area contributed by atoms with Crippen molar-refractivity contribution in [3.8, 4) is 0 Å². The van der Waals surface area contributed by atoms with Crippen molar-refractivity contribution >= 4 is 11.9 Å². The summed E-state index contributed by atoms with van der Waals surface area (Å²) in [7, 11) is 1.32. The molecule has 5 nitrogen and oxygen atoms in total. The SMILES string of the molecule is COC(=O)[C@@H](NC(=O)C1(N)CCCC1)C(C)C. The van der Waals surface area contributed by atoms with E-state index in [1.807, 2.05) is 13.8 Å². The Bertz CT molecular complexity index is 296. The van der Waals surface area contributed by atoms with Crippen molar-refractivity contribution in [3.05, 3.63) is 0 Å². The first-order valence-electron chi connectivity index (χ1n) is 6.08. The molecule has 17 heavy (non-hydrogen) atoms. The fourth-order valence-electron chi connectivity index (χ4n) is 2.14. The molecule has 0 radical (unpaired) electrons. The standard InChI is InChI=1S/C12H22N2O3/c1-8(2)9(10(15)17-3)14-11(16)12(13)6-4-5-7-12/h8-9H,4-7,13H2,1-3H3,(H,14,16)/t9-/m0/s1. The Kier molecular flexibility index (Phi) is 4.51. The summed E-state index contributed by atoms with van der Waals surface area (Å²) in [6.07, 6.45) is 3.30. The van der Waals surface area contributed by atoms with Crippen LogP contribution in [-0.4, -0.2) is 30.6 Å². The Hall–Kier alpha value is -1.10. The van der Waals surface area contributed by atoms with E-state index in [0.29, 0.717) is 12.8 Å². The fourth-order valence-corrected chi connectivity index (χ4v) is 2.14. The van der Waals surface area contributed by atoms with Crippen LogP contribution in [0.3, 0.4) is 0 Å². The first-order valence-corrected chi connectivity index (χ1v) is 6.08. The number of carbonyl (C=O) groups is 2. The molecule has 0 aromatic rings. The van der Waals surface area contributed by atoms with Gasteiger partial charge in [0.25, 0.3) is 0 Å². The molecule has 0 saturated heterocycles. The molecular formula is C12H22N2O3. The summed E-state index contributed by atoms with van der Waals surface area (Å²) in [5.74, 6) is -0.676. The van der Waals surface area contributed by atoms with Crippen LogP contribution in [0.15, 0.2) is 0 Å². The van der Waals surface area contributed by atoms with Gasteiger partial charge in [-0.1, -0.05) is 26.7 Å². The minimum Gasteiger partial charge on any atom is -0.467 e. The summed E-state index contributed by atoms with van der Waals surface area (Å²) in [6, 6.07) is -0.617. The van der Waals surface area contributed by atoms with Crippen LogP contribution in [0.4, 0.5) is 0 Å². The first kappa shape index (κ1) is 14.0. The Labute approximate surface area is 102 Å². The molecule has 0 aromatic carbocycles. The number of amides is 1. The van der Waals surface area contributed by atoms with Crippen LogP contribution in [0.5, 0.6) is 0 Å². The molecule has 1 atom stereocenters. The molecule has 98 valence electrons. The van der Waals surface area contributed by atoms with Crippen molar-refractivity contribution in [2.45, 2.75) is 51.1 Å². The van der Waals surface area contributed by atoms with Crippen LogP contribution in [0.2, 0.25) is 0 Å². The molecule has 5 heteroatoms. The monoisotopic (exact) mass is 242 g/mol. The Balaban J connectivity index is 2.67. The molecule has 0 spiro atoms. The van der Waals surface area contributed by atoms with Gasteiger partial charge in [-0.15, -0.1) is 0 Å². The molecule has 1 fully saturated rings. The van der Waals surface area contributed by atoms with Gasteiger partial charge < -0.3 is 15.8 Å². The highest BCUT2D eigenvalue weighted by molar-refractivity contribution is 5.90. The average molecular weight is 242 g/mol. The van der Waals surface area contributed by atoms with E-state index in [1.165, 1.54) is 7.11 Å². The number of ether oxygens (including phenoxy) is 1. The van der Waals surface area contributed by atoms with Crippen LogP contribution >= 0.6 is 0 Å². The molecule has 1 saturated carbocycles. The van der Waals surface area contributed by atoms with Gasteiger partial charge in [-0.05, 0) is 18.8 Å². The van der Waals surface area contributed by atoms with Crippen molar-refractivity contribution in [2.75, 3.05) is 7.11 Å². The molecule has 0 aromatic heterocycles. The van der Waals surface area contributed by atoms with Gasteiger partial charge in [0.15, 0.2) is 0 Å². The number of nitrogens with one attached hydrogen (secondary N) is 1. The number of carbonyl (C=O) groups excluding carboxylic acids is 2. The predicted octanol–water partition coefficient (Wildman–Crippen LogP) is 0.572. The molecule has 0 heterocycles. The van der Waals surface area contributed by atoms with Gasteiger partial charge in [-0.3, -0.25) is 4.79 Å². The topological polar surface area (TPSA) is 81.4 Å². The minimum atomic E-state index is -0.804. The third-order valence-corrected chi connectivity index (χ3v) is 3.36. The molecule has 0 bridgehead atoms.